The molecule has 0 aliphatic heterocycles. The lowest BCUT2D eigenvalue weighted by molar-refractivity contribution is 0.596. The summed E-state index contributed by atoms with van der Waals surface area (Å²) in [5.41, 5.74) is 2.26. The van der Waals surface area contributed by atoms with Gasteiger partial charge in [-0.2, -0.15) is 5.10 Å². The quantitative estimate of drug-likeness (QED) is 0.874. The number of halogens is 1. The molecule has 1 aromatic carbocycles. The molecule has 0 saturated heterocycles. The van der Waals surface area contributed by atoms with Gasteiger partial charge in [0.1, 0.15) is 0 Å². The molecule has 1 atom stereocenters. The van der Waals surface area contributed by atoms with Crippen molar-refractivity contribution in [2.75, 3.05) is 6.54 Å². The van der Waals surface area contributed by atoms with Crippen molar-refractivity contribution < 1.29 is 0 Å². The highest BCUT2D eigenvalue weighted by atomic mass is 35.5. The van der Waals surface area contributed by atoms with Gasteiger partial charge in [-0.1, -0.05) is 36.7 Å². The van der Waals surface area contributed by atoms with Crippen molar-refractivity contribution >= 4 is 11.6 Å². The van der Waals surface area contributed by atoms with Crippen LogP contribution < -0.4 is 5.32 Å². The molecule has 0 bridgehead atoms. The van der Waals surface area contributed by atoms with Crippen LogP contribution in [0, 0.1) is 0 Å². The number of aromatic nitrogens is 2. The number of nitrogens with zero attached hydrogens (tertiary/aromatic N) is 2. The molecule has 2 aromatic rings. The molecule has 102 valence electrons. The van der Waals surface area contributed by atoms with Crippen LogP contribution in [-0.4, -0.2) is 16.3 Å². The Hall–Kier alpha value is -1.32. The van der Waals surface area contributed by atoms with Gasteiger partial charge in [0, 0.05) is 23.3 Å². The number of benzene rings is 1. The van der Waals surface area contributed by atoms with Crippen LogP contribution in [0.4, 0.5) is 0 Å². The standard InChI is InChI=1S/C15H20ClN3/c1-3-9-17-15(12-10-18-19(4-2)11-12)13-7-5-6-8-14(13)16/h5-8,10-11,15,17H,3-4,9H2,1-2H3. The minimum atomic E-state index is 0.106. The van der Waals surface area contributed by atoms with Crippen LogP contribution in [0.3, 0.4) is 0 Å². The van der Waals surface area contributed by atoms with Gasteiger partial charge in [0.2, 0.25) is 0 Å². The summed E-state index contributed by atoms with van der Waals surface area (Å²) in [6.07, 6.45) is 5.08. The molecule has 1 N–H and O–H groups in total. The lowest BCUT2D eigenvalue weighted by Gasteiger charge is -2.18. The largest absolute Gasteiger partial charge is 0.306 e. The molecule has 0 aliphatic carbocycles. The van der Waals surface area contributed by atoms with Crippen molar-refractivity contribution in [2.45, 2.75) is 32.9 Å². The highest BCUT2D eigenvalue weighted by molar-refractivity contribution is 6.31. The summed E-state index contributed by atoms with van der Waals surface area (Å²) in [6, 6.07) is 8.08. The topological polar surface area (TPSA) is 29.9 Å². The minimum absolute atomic E-state index is 0.106. The molecule has 1 aromatic heterocycles. The SMILES string of the molecule is CCCNC(c1cnn(CC)c1)c1ccccc1Cl. The first-order valence-corrected chi connectivity index (χ1v) is 7.14. The Morgan fingerprint density at radius 3 is 2.74 bits per heavy atom. The van der Waals surface area contributed by atoms with E-state index < -0.39 is 0 Å². The number of aryl methyl sites for hydroxylation is 1. The zero-order valence-corrected chi connectivity index (χ0v) is 12.2. The maximum atomic E-state index is 6.32. The van der Waals surface area contributed by atoms with E-state index in [1.807, 2.05) is 29.1 Å². The fraction of sp³-hybridized carbons (Fsp3) is 0.400. The maximum Gasteiger partial charge on any atom is 0.0622 e. The van der Waals surface area contributed by atoms with Gasteiger partial charge in [-0.15, -0.1) is 0 Å². The smallest absolute Gasteiger partial charge is 0.0622 e. The average Bonchev–Trinajstić information content (AvgIpc) is 2.90. The molecule has 1 heterocycles. The van der Waals surface area contributed by atoms with E-state index >= 15 is 0 Å². The third-order valence-electron chi connectivity index (χ3n) is 3.13. The Balaban J connectivity index is 2.32. The van der Waals surface area contributed by atoms with E-state index in [1.54, 1.807) is 0 Å². The second kappa shape index (κ2) is 6.73. The van der Waals surface area contributed by atoms with Gasteiger partial charge >= 0.3 is 0 Å². The van der Waals surface area contributed by atoms with Crippen LogP contribution in [0.1, 0.15) is 37.4 Å². The van der Waals surface area contributed by atoms with Crippen molar-refractivity contribution in [3.05, 3.63) is 52.8 Å². The molecule has 4 heteroatoms. The Bertz CT molecular complexity index is 522. The van der Waals surface area contributed by atoms with Gasteiger partial charge in [-0.3, -0.25) is 4.68 Å². The van der Waals surface area contributed by atoms with Crippen LogP contribution in [0.25, 0.3) is 0 Å². The van der Waals surface area contributed by atoms with Gasteiger partial charge in [-0.05, 0) is 31.5 Å². The van der Waals surface area contributed by atoms with E-state index in [4.69, 9.17) is 11.6 Å². The second-order valence-electron chi connectivity index (χ2n) is 4.54. The molecule has 3 nitrogen and oxygen atoms in total. The molecule has 2 rings (SSSR count). The predicted octanol–water partition coefficient (Wildman–Crippen LogP) is 3.65. The van der Waals surface area contributed by atoms with Crippen LogP contribution in [0.5, 0.6) is 0 Å². The predicted molar refractivity (Wildman–Crippen MR) is 79.5 cm³/mol. The molecule has 19 heavy (non-hydrogen) atoms. The van der Waals surface area contributed by atoms with Gasteiger partial charge in [0.05, 0.1) is 12.2 Å². The van der Waals surface area contributed by atoms with Crippen molar-refractivity contribution in [3.63, 3.8) is 0 Å². The lowest BCUT2D eigenvalue weighted by Crippen LogP contribution is -2.23. The van der Waals surface area contributed by atoms with Gasteiger partial charge in [0.15, 0.2) is 0 Å². The van der Waals surface area contributed by atoms with Crippen molar-refractivity contribution in [1.29, 1.82) is 0 Å². The number of rotatable bonds is 6. The Morgan fingerprint density at radius 2 is 2.11 bits per heavy atom. The fourth-order valence-electron chi connectivity index (χ4n) is 2.11. The zero-order chi connectivity index (χ0) is 13.7. The van der Waals surface area contributed by atoms with Crippen molar-refractivity contribution in [3.8, 4) is 0 Å². The third kappa shape index (κ3) is 3.37. The Morgan fingerprint density at radius 1 is 1.32 bits per heavy atom. The van der Waals surface area contributed by atoms with Gasteiger partial charge < -0.3 is 5.32 Å². The Labute approximate surface area is 119 Å². The number of hydrogen-bond donors (Lipinski definition) is 1. The molecule has 0 amide bonds. The zero-order valence-electron chi connectivity index (χ0n) is 11.4. The van der Waals surface area contributed by atoms with Crippen LogP contribution >= 0.6 is 11.6 Å². The number of nitrogens with one attached hydrogen (secondary N) is 1. The first-order chi connectivity index (χ1) is 9.26. The highest BCUT2D eigenvalue weighted by Crippen LogP contribution is 2.27. The molecule has 0 aliphatic rings. The molecule has 1 unspecified atom stereocenters. The molecule has 0 saturated carbocycles. The van der Waals surface area contributed by atoms with Crippen LogP contribution in [0.15, 0.2) is 36.7 Å². The summed E-state index contributed by atoms with van der Waals surface area (Å²) in [4.78, 5) is 0. The normalized spacial score (nSPS) is 12.6. The van der Waals surface area contributed by atoms with E-state index in [-0.39, 0.29) is 6.04 Å². The van der Waals surface area contributed by atoms with E-state index in [0.29, 0.717) is 0 Å². The molecular formula is C15H20ClN3. The summed E-state index contributed by atoms with van der Waals surface area (Å²) in [5.74, 6) is 0. The van der Waals surface area contributed by atoms with Crippen molar-refractivity contribution in [1.82, 2.24) is 15.1 Å². The van der Waals surface area contributed by atoms with E-state index in [9.17, 15) is 0 Å². The average molecular weight is 278 g/mol. The van der Waals surface area contributed by atoms with Gasteiger partial charge in [-0.25, -0.2) is 0 Å². The first kappa shape index (κ1) is 14.1. The van der Waals surface area contributed by atoms with E-state index in [1.165, 1.54) is 0 Å². The Kier molecular flexibility index (Phi) is 5.00. The minimum Gasteiger partial charge on any atom is -0.306 e. The van der Waals surface area contributed by atoms with E-state index in [0.717, 1.165) is 35.7 Å². The summed E-state index contributed by atoms with van der Waals surface area (Å²) >= 11 is 6.32. The monoisotopic (exact) mass is 277 g/mol. The molecule has 0 fully saturated rings. The van der Waals surface area contributed by atoms with Gasteiger partial charge in [0.25, 0.3) is 0 Å². The highest BCUT2D eigenvalue weighted by Gasteiger charge is 2.17. The fourth-order valence-corrected chi connectivity index (χ4v) is 2.35. The second-order valence-corrected chi connectivity index (χ2v) is 4.95. The van der Waals surface area contributed by atoms with Crippen LogP contribution in [0.2, 0.25) is 5.02 Å². The summed E-state index contributed by atoms with van der Waals surface area (Å²) < 4.78 is 1.94. The van der Waals surface area contributed by atoms with Crippen molar-refractivity contribution in [2.24, 2.45) is 0 Å². The summed E-state index contributed by atoms with van der Waals surface area (Å²) in [7, 11) is 0. The first-order valence-electron chi connectivity index (χ1n) is 6.76. The molecular weight excluding hydrogens is 258 g/mol. The number of hydrogen-bond acceptors (Lipinski definition) is 2. The van der Waals surface area contributed by atoms with Crippen LogP contribution in [-0.2, 0) is 6.54 Å². The molecule has 0 spiro atoms. The lowest BCUT2D eigenvalue weighted by atomic mass is 10.0. The molecule has 0 radical (unpaired) electrons. The maximum absolute atomic E-state index is 6.32. The van der Waals surface area contributed by atoms with E-state index in [2.05, 4.69) is 36.5 Å². The third-order valence-corrected chi connectivity index (χ3v) is 3.47. The summed E-state index contributed by atoms with van der Waals surface area (Å²) in [5, 5.41) is 8.69. The summed E-state index contributed by atoms with van der Waals surface area (Å²) in [6.45, 7) is 6.07.